The minimum atomic E-state index is -0.900. The maximum Gasteiger partial charge on any atom is 0.313 e. The number of hydrogen-bond acceptors (Lipinski definition) is 6. The van der Waals surface area contributed by atoms with E-state index in [1.54, 1.807) is 13.2 Å². The predicted molar refractivity (Wildman–Crippen MR) is 133 cm³/mol. The van der Waals surface area contributed by atoms with Crippen molar-refractivity contribution < 1.29 is 24.1 Å². The molecule has 1 heterocycles. The number of Topliss-reactive ketones (excluding diaryl/α,β-unsaturated/α-hetero) is 1. The molecule has 0 spiro atoms. The highest BCUT2D eigenvalue weighted by Crippen LogP contribution is 2.35. The highest BCUT2D eigenvalue weighted by Gasteiger charge is 2.30. The van der Waals surface area contributed by atoms with E-state index in [0.717, 1.165) is 17.7 Å². The van der Waals surface area contributed by atoms with Crippen molar-refractivity contribution in [1.82, 2.24) is 5.32 Å². The molecule has 0 radical (unpaired) electrons. The van der Waals surface area contributed by atoms with Gasteiger partial charge in [-0.1, -0.05) is 40.2 Å². The molecule has 0 saturated carbocycles. The maximum absolute atomic E-state index is 12.6. The van der Waals surface area contributed by atoms with Gasteiger partial charge in [0.05, 0.1) is 12.1 Å². The van der Waals surface area contributed by atoms with Gasteiger partial charge in [-0.3, -0.25) is 4.79 Å². The van der Waals surface area contributed by atoms with E-state index in [-0.39, 0.29) is 39.3 Å². The molecule has 0 amide bonds. The number of benzene rings is 2. The van der Waals surface area contributed by atoms with E-state index >= 15 is 0 Å². The maximum atomic E-state index is 12.6. The Hall–Kier alpha value is -2.34. The molecule has 2 atom stereocenters. The van der Waals surface area contributed by atoms with Crippen LogP contribution in [0.4, 0.5) is 0 Å². The molecule has 0 aliphatic carbocycles. The average molecular weight is 508 g/mol. The minimum Gasteiger partial charge on any atom is -0.497 e. The van der Waals surface area contributed by atoms with Crippen molar-refractivity contribution in [2.24, 2.45) is 0 Å². The van der Waals surface area contributed by atoms with Gasteiger partial charge in [0.1, 0.15) is 35.8 Å². The lowest BCUT2D eigenvalue weighted by Crippen LogP contribution is -2.46. The Labute approximate surface area is 209 Å². The van der Waals surface area contributed by atoms with Crippen molar-refractivity contribution in [3.05, 3.63) is 62.4 Å². The molecular weight excluding hydrogens is 479 g/mol. The summed E-state index contributed by atoms with van der Waals surface area (Å²) < 4.78 is 16.2. The highest BCUT2D eigenvalue weighted by atomic mass is 35.5. The number of halogens is 2. The third-order valence-electron chi connectivity index (χ3n) is 5.30. The lowest BCUT2D eigenvalue weighted by molar-refractivity contribution is 0.0605. The molecule has 1 aliphatic heterocycles. The van der Waals surface area contributed by atoms with Crippen molar-refractivity contribution in [3.63, 3.8) is 0 Å². The first-order chi connectivity index (χ1) is 16.2. The molecule has 182 valence electrons. The summed E-state index contributed by atoms with van der Waals surface area (Å²) in [6.07, 6.45) is -0.912. The number of rotatable bonds is 11. The zero-order valence-electron chi connectivity index (χ0n) is 19.4. The van der Waals surface area contributed by atoms with Crippen molar-refractivity contribution in [3.8, 4) is 17.6 Å². The van der Waals surface area contributed by atoms with Gasteiger partial charge in [-0.15, -0.1) is 0 Å². The summed E-state index contributed by atoms with van der Waals surface area (Å²) in [6.45, 7) is 5.27. The Balaban J connectivity index is 1.52. The number of aliphatic hydroxyl groups is 1. The van der Waals surface area contributed by atoms with E-state index in [1.807, 2.05) is 24.3 Å². The van der Waals surface area contributed by atoms with Gasteiger partial charge in [0.2, 0.25) is 5.78 Å². The van der Waals surface area contributed by atoms with Crippen LogP contribution in [0.5, 0.6) is 11.5 Å². The monoisotopic (exact) mass is 507 g/mol. The van der Waals surface area contributed by atoms with Crippen LogP contribution in [0.15, 0.2) is 36.4 Å². The quantitative estimate of drug-likeness (QED) is 0.442. The summed E-state index contributed by atoms with van der Waals surface area (Å²) in [5, 5.41) is 13.9. The van der Waals surface area contributed by atoms with E-state index < -0.39 is 12.2 Å². The van der Waals surface area contributed by atoms with Crippen LogP contribution in [0.3, 0.4) is 0 Å². The molecule has 0 aromatic heterocycles. The summed E-state index contributed by atoms with van der Waals surface area (Å²) in [5.74, 6) is 0.722. The van der Waals surface area contributed by atoms with E-state index in [2.05, 4.69) is 30.1 Å². The summed E-state index contributed by atoms with van der Waals surface area (Å²) in [5.41, 5.74) is 1.11. The second kappa shape index (κ2) is 11.9. The van der Waals surface area contributed by atoms with Gasteiger partial charge in [0.15, 0.2) is 0 Å². The number of β-amino-alcohol motifs (C(OH)–C–C–N with tert-alkyl or cyclic N) is 1. The third-order valence-corrected chi connectivity index (χ3v) is 6.16. The fraction of sp³-hybridized carbons (Fsp3) is 0.440. The highest BCUT2D eigenvalue weighted by molar-refractivity contribution is 6.45. The zero-order valence-corrected chi connectivity index (χ0v) is 20.9. The van der Waals surface area contributed by atoms with E-state index in [9.17, 15) is 9.90 Å². The van der Waals surface area contributed by atoms with E-state index in [0.29, 0.717) is 19.7 Å². The van der Waals surface area contributed by atoms with Crippen molar-refractivity contribution in [2.45, 2.75) is 38.0 Å². The molecule has 1 unspecified atom stereocenters. The molecule has 0 fully saturated rings. The van der Waals surface area contributed by atoms with Crippen molar-refractivity contribution >= 4 is 29.0 Å². The number of carbonyl (C=O) groups excluding carboxylic acids is 1. The smallest absolute Gasteiger partial charge is 0.313 e. The fourth-order valence-electron chi connectivity index (χ4n) is 3.47. The van der Waals surface area contributed by atoms with Gasteiger partial charge < -0.3 is 24.6 Å². The van der Waals surface area contributed by atoms with Crippen LogP contribution in [-0.2, 0) is 11.2 Å². The average Bonchev–Trinajstić information content (AvgIpc) is 2.84. The standard InChI is InChI=1S/C25H29Cl2N2O5/c1-25(2,12-16-4-6-18(32-3)7-5-16)29-13-17(30)15-34-20-9-8-19(22(26)23(20)27)24(31)21-14-28-10-11-33-21/h4-9,17,21,29-30H,10-13,15H2,1-3H3/q+1/t17?,21-/m1/s1. The Bertz CT molecular complexity index is 1060. The van der Waals surface area contributed by atoms with Gasteiger partial charge in [-0.05, 0) is 50.1 Å². The number of aliphatic hydroxyl groups excluding tert-OH is 1. The lowest BCUT2D eigenvalue weighted by atomic mass is 9.94. The molecule has 2 N–H and O–H groups in total. The van der Waals surface area contributed by atoms with Gasteiger partial charge in [0.25, 0.3) is 12.6 Å². The summed E-state index contributed by atoms with van der Waals surface area (Å²) in [4.78, 5) is 16.6. The molecule has 9 heteroatoms. The number of carbonyl (C=O) groups is 1. The molecule has 2 aromatic rings. The Kier molecular flexibility index (Phi) is 9.17. The van der Waals surface area contributed by atoms with Crippen LogP contribution in [0.25, 0.3) is 4.85 Å². The molecule has 0 bridgehead atoms. The second-order valence-electron chi connectivity index (χ2n) is 8.62. The van der Waals surface area contributed by atoms with Gasteiger partial charge in [-0.2, -0.15) is 0 Å². The van der Waals surface area contributed by atoms with Crippen LogP contribution in [0.1, 0.15) is 29.8 Å². The van der Waals surface area contributed by atoms with Crippen LogP contribution in [0, 0.1) is 6.07 Å². The summed E-state index contributed by atoms with van der Waals surface area (Å²) in [6, 6.07) is 13.6. The van der Waals surface area contributed by atoms with Gasteiger partial charge in [-0.25, -0.2) is 0 Å². The minimum absolute atomic E-state index is 0.00112. The Morgan fingerprint density at radius 1 is 1.26 bits per heavy atom. The lowest BCUT2D eigenvalue weighted by Gasteiger charge is -2.28. The van der Waals surface area contributed by atoms with E-state index in [1.165, 1.54) is 6.07 Å². The van der Waals surface area contributed by atoms with Crippen LogP contribution < -0.4 is 14.8 Å². The fourth-order valence-corrected chi connectivity index (χ4v) is 3.93. The molecule has 2 aromatic carbocycles. The number of ether oxygens (including phenoxy) is 3. The first-order valence-corrected chi connectivity index (χ1v) is 11.7. The van der Waals surface area contributed by atoms with Crippen LogP contribution in [-0.4, -0.2) is 62.0 Å². The topological polar surface area (TPSA) is 81.4 Å². The summed E-state index contributed by atoms with van der Waals surface area (Å²) >= 11 is 12.6. The number of methoxy groups -OCH3 is 1. The van der Waals surface area contributed by atoms with Crippen LogP contribution in [0.2, 0.25) is 10.0 Å². The van der Waals surface area contributed by atoms with Crippen LogP contribution >= 0.6 is 23.2 Å². The van der Waals surface area contributed by atoms with E-state index in [4.69, 9.17) is 37.4 Å². The third kappa shape index (κ3) is 7.08. The number of nitrogens with one attached hydrogen (secondary N) is 1. The SMILES string of the molecule is COc1ccc(CC(C)(C)NCC(O)COc2ccc(C(=O)[C@H]3C#[N+]CCO3)c(Cl)c2Cl)cc1. The number of nitrogens with zero attached hydrogens (tertiary/aromatic N) is 1. The van der Waals surface area contributed by atoms with Crippen molar-refractivity contribution in [1.29, 1.82) is 0 Å². The number of ketones is 1. The molecule has 0 saturated heterocycles. The predicted octanol–water partition coefficient (Wildman–Crippen LogP) is 4.27. The molecule has 34 heavy (non-hydrogen) atoms. The molecular formula is C25H29Cl2N2O5+. The Morgan fingerprint density at radius 3 is 2.65 bits per heavy atom. The second-order valence-corrected chi connectivity index (χ2v) is 9.38. The Morgan fingerprint density at radius 2 is 2.00 bits per heavy atom. The summed E-state index contributed by atoms with van der Waals surface area (Å²) in [7, 11) is 1.64. The van der Waals surface area contributed by atoms with Gasteiger partial charge in [0, 0.05) is 17.6 Å². The van der Waals surface area contributed by atoms with Gasteiger partial charge >= 0.3 is 6.07 Å². The molecule has 1 aliphatic rings. The van der Waals surface area contributed by atoms with Crippen molar-refractivity contribution in [2.75, 3.05) is 33.4 Å². The molecule has 7 nitrogen and oxygen atoms in total. The first kappa shape index (κ1) is 26.3. The zero-order chi connectivity index (χ0) is 24.7. The molecule has 3 rings (SSSR count). The first-order valence-electron chi connectivity index (χ1n) is 10.9. The number of hydrogen-bond donors (Lipinski definition) is 2. The largest absolute Gasteiger partial charge is 0.497 e. The normalized spacial score (nSPS) is 16.4.